The van der Waals surface area contributed by atoms with E-state index in [9.17, 15) is 0 Å². The number of rotatable bonds is 3. The molecule has 0 saturated carbocycles. The minimum absolute atomic E-state index is 0.0878. The van der Waals surface area contributed by atoms with Gasteiger partial charge in [-0.1, -0.05) is 13.8 Å². The molecule has 1 aromatic heterocycles. The molecule has 1 N–H and O–H groups in total. The highest BCUT2D eigenvalue weighted by Crippen LogP contribution is 2.21. The lowest BCUT2D eigenvalue weighted by atomic mass is 9.87. The van der Waals surface area contributed by atoms with E-state index in [4.69, 9.17) is 5.11 Å². The fourth-order valence-electron chi connectivity index (χ4n) is 1.16. The highest BCUT2D eigenvalue weighted by atomic mass is 16.3. The van der Waals surface area contributed by atoms with Crippen LogP contribution in [-0.2, 0) is 6.42 Å². The number of aliphatic hydroxyl groups excluding tert-OH is 1. The molecule has 0 aliphatic heterocycles. The molecule has 0 spiro atoms. The highest BCUT2D eigenvalue weighted by molar-refractivity contribution is 5.15. The fourth-order valence-corrected chi connectivity index (χ4v) is 1.16. The van der Waals surface area contributed by atoms with Crippen molar-refractivity contribution < 1.29 is 5.11 Å². The molecule has 1 heterocycles. The van der Waals surface area contributed by atoms with E-state index >= 15 is 0 Å². The lowest BCUT2D eigenvalue weighted by Gasteiger charge is -2.21. The van der Waals surface area contributed by atoms with Crippen molar-refractivity contribution in [2.45, 2.75) is 27.2 Å². The second-order valence-corrected chi connectivity index (χ2v) is 4.13. The Balaban J connectivity index is 2.80. The first-order valence-electron chi connectivity index (χ1n) is 4.41. The molecule has 0 amide bonds. The summed E-state index contributed by atoms with van der Waals surface area (Å²) in [5.74, 6) is 0. The average molecular weight is 180 g/mol. The first kappa shape index (κ1) is 10.1. The fraction of sp³-hybridized carbons (Fsp3) is 0.600. The first-order valence-corrected chi connectivity index (χ1v) is 4.41. The largest absolute Gasteiger partial charge is 0.396 e. The van der Waals surface area contributed by atoms with E-state index < -0.39 is 0 Å². The molecule has 0 bridgehead atoms. The second-order valence-electron chi connectivity index (χ2n) is 4.13. The van der Waals surface area contributed by atoms with Crippen LogP contribution in [0, 0.1) is 12.3 Å². The van der Waals surface area contributed by atoms with Gasteiger partial charge in [-0.3, -0.25) is 0 Å². The van der Waals surface area contributed by atoms with Crippen LogP contribution in [0.3, 0.4) is 0 Å². The summed E-state index contributed by atoms with van der Waals surface area (Å²) >= 11 is 0. The Morgan fingerprint density at radius 1 is 1.46 bits per heavy atom. The Kier molecular flexibility index (Phi) is 2.98. The Morgan fingerprint density at radius 2 is 2.15 bits per heavy atom. The van der Waals surface area contributed by atoms with Crippen molar-refractivity contribution in [2.75, 3.05) is 6.61 Å². The standard InChI is InChI=1S/C10H16N2O/c1-8-9(5-11-7-12-8)4-10(2,3)6-13/h5,7,13H,4,6H2,1-3H3. The third-order valence-electron chi connectivity index (χ3n) is 2.11. The predicted molar refractivity (Wildman–Crippen MR) is 51.3 cm³/mol. The zero-order valence-corrected chi connectivity index (χ0v) is 8.41. The van der Waals surface area contributed by atoms with Gasteiger partial charge in [-0.15, -0.1) is 0 Å². The zero-order chi connectivity index (χ0) is 9.90. The maximum absolute atomic E-state index is 9.11. The number of aliphatic hydroxyl groups is 1. The van der Waals surface area contributed by atoms with Gasteiger partial charge >= 0.3 is 0 Å². The minimum Gasteiger partial charge on any atom is -0.396 e. The molecule has 3 heteroatoms. The molecule has 1 aromatic rings. The third kappa shape index (κ3) is 2.77. The Hall–Kier alpha value is -0.960. The van der Waals surface area contributed by atoms with Crippen molar-refractivity contribution in [3.05, 3.63) is 23.8 Å². The normalized spacial score (nSPS) is 11.7. The molecular weight excluding hydrogens is 164 g/mol. The molecule has 0 atom stereocenters. The van der Waals surface area contributed by atoms with Crippen LogP contribution < -0.4 is 0 Å². The van der Waals surface area contributed by atoms with Gasteiger partial charge in [0.05, 0.1) is 0 Å². The molecule has 0 aliphatic rings. The summed E-state index contributed by atoms with van der Waals surface area (Å²) in [5, 5.41) is 9.11. The van der Waals surface area contributed by atoms with E-state index in [1.165, 1.54) is 0 Å². The van der Waals surface area contributed by atoms with Gasteiger partial charge in [0.15, 0.2) is 0 Å². The van der Waals surface area contributed by atoms with Gasteiger partial charge in [-0.05, 0) is 24.3 Å². The number of aryl methyl sites for hydroxylation is 1. The van der Waals surface area contributed by atoms with Gasteiger partial charge in [0.2, 0.25) is 0 Å². The van der Waals surface area contributed by atoms with Crippen LogP contribution in [0.5, 0.6) is 0 Å². The molecular formula is C10H16N2O. The van der Waals surface area contributed by atoms with E-state index in [0.29, 0.717) is 0 Å². The van der Waals surface area contributed by atoms with E-state index in [1.54, 1.807) is 6.33 Å². The molecule has 1 rings (SSSR count). The molecule has 13 heavy (non-hydrogen) atoms. The van der Waals surface area contributed by atoms with Crippen molar-refractivity contribution in [2.24, 2.45) is 5.41 Å². The van der Waals surface area contributed by atoms with Crippen LogP contribution in [-0.4, -0.2) is 21.7 Å². The highest BCUT2D eigenvalue weighted by Gasteiger charge is 2.18. The van der Waals surface area contributed by atoms with Crippen LogP contribution in [0.15, 0.2) is 12.5 Å². The molecule has 0 saturated heterocycles. The second kappa shape index (κ2) is 3.83. The smallest absolute Gasteiger partial charge is 0.115 e. The van der Waals surface area contributed by atoms with Crippen molar-refractivity contribution in [3.63, 3.8) is 0 Å². The van der Waals surface area contributed by atoms with Gasteiger partial charge in [0.1, 0.15) is 6.33 Å². The molecule has 0 fully saturated rings. The van der Waals surface area contributed by atoms with Crippen LogP contribution in [0.25, 0.3) is 0 Å². The average Bonchev–Trinajstić information content (AvgIpc) is 2.09. The van der Waals surface area contributed by atoms with Crippen molar-refractivity contribution in [3.8, 4) is 0 Å². The Labute approximate surface area is 78.9 Å². The van der Waals surface area contributed by atoms with Gasteiger partial charge in [0.25, 0.3) is 0 Å². The van der Waals surface area contributed by atoms with Crippen molar-refractivity contribution >= 4 is 0 Å². The van der Waals surface area contributed by atoms with Gasteiger partial charge in [0, 0.05) is 18.5 Å². The van der Waals surface area contributed by atoms with Gasteiger partial charge < -0.3 is 5.11 Å². The molecule has 0 aromatic carbocycles. The summed E-state index contributed by atoms with van der Waals surface area (Å²) in [6, 6.07) is 0. The molecule has 72 valence electrons. The summed E-state index contributed by atoms with van der Waals surface area (Å²) in [4.78, 5) is 8.08. The SMILES string of the molecule is Cc1ncncc1CC(C)(C)CO. The third-order valence-corrected chi connectivity index (χ3v) is 2.11. The zero-order valence-electron chi connectivity index (χ0n) is 8.41. The Bertz CT molecular complexity index is 284. The molecule has 0 radical (unpaired) electrons. The topological polar surface area (TPSA) is 46.0 Å². The van der Waals surface area contributed by atoms with Crippen LogP contribution in [0.1, 0.15) is 25.1 Å². The summed E-state index contributed by atoms with van der Waals surface area (Å²) < 4.78 is 0. The number of hydrogen-bond donors (Lipinski definition) is 1. The number of aromatic nitrogens is 2. The van der Waals surface area contributed by atoms with Crippen molar-refractivity contribution in [1.29, 1.82) is 0 Å². The van der Waals surface area contributed by atoms with Crippen LogP contribution in [0.2, 0.25) is 0 Å². The Morgan fingerprint density at radius 3 is 2.69 bits per heavy atom. The maximum atomic E-state index is 9.11. The van der Waals surface area contributed by atoms with Gasteiger partial charge in [-0.2, -0.15) is 0 Å². The summed E-state index contributed by atoms with van der Waals surface area (Å²) in [5.41, 5.74) is 2.02. The number of hydrogen-bond acceptors (Lipinski definition) is 3. The molecule has 3 nitrogen and oxygen atoms in total. The lowest BCUT2D eigenvalue weighted by Crippen LogP contribution is -2.20. The summed E-state index contributed by atoms with van der Waals surface area (Å²) in [6.45, 7) is 6.20. The number of nitrogens with zero attached hydrogens (tertiary/aromatic N) is 2. The molecule has 0 unspecified atom stereocenters. The summed E-state index contributed by atoms with van der Waals surface area (Å²) in [6.07, 6.45) is 4.18. The van der Waals surface area contributed by atoms with Crippen molar-refractivity contribution in [1.82, 2.24) is 9.97 Å². The van der Waals surface area contributed by atoms with Gasteiger partial charge in [-0.25, -0.2) is 9.97 Å². The van der Waals surface area contributed by atoms with E-state index in [2.05, 4.69) is 9.97 Å². The lowest BCUT2D eigenvalue weighted by molar-refractivity contribution is 0.159. The minimum atomic E-state index is -0.0878. The monoisotopic (exact) mass is 180 g/mol. The van der Waals surface area contributed by atoms with E-state index in [1.807, 2.05) is 27.0 Å². The molecule has 0 aliphatic carbocycles. The van der Waals surface area contributed by atoms with E-state index in [0.717, 1.165) is 17.7 Å². The van der Waals surface area contributed by atoms with Crippen LogP contribution >= 0.6 is 0 Å². The quantitative estimate of drug-likeness (QED) is 0.763. The van der Waals surface area contributed by atoms with Crippen LogP contribution in [0.4, 0.5) is 0 Å². The first-order chi connectivity index (χ1) is 6.05. The van der Waals surface area contributed by atoms with E-state index in [-0.39, 0.29) is 12.0 Å². The predicted octanol–water partition coefficient (Wildman–Crippen LogP) is 1.35. The summed E-state index contributed by atoms with van der Waals surface area (Å²) in [7, 11) is 0. The maximum Gasteiger partial charge on any atom is 0.115 e.